The lowest BCUT2D eigenvalue weighted by Crippen LogP contribution is -2.60. The summed E-state index contributed by atoms with van der Waals surface area (Å²) in [4.78, 5) is 7.50. The highest BCUT2D eigenvalue weighted by Gasteiger charge is 2.31. The average molecular weight is 277 g/mol. The lowest BCUT2D eigenvalue weighted by molar-refractivity contribution is 0.0249. The SMILES string of the molecule is CC1=CC=C(N(C)CCN(C)C2CN(C(C)C)C2)CC1. The number of nitrogens with zero attached hydrogens (tertiary/aromatic N) is 3. The number of likely N-dealkylation sites (tertiary alicyclic amines) is 1. The fraction of sp³-hybridized carbons (Fsp3) is 0.765. The summed E-state index contributed by atoms with van der Waals surface area (Å²) in [6.45, 7) is 11.6. The Morgan fingerprint density at radius 1 is 1.15 bits per heavy atom. The molecule has 0 amide bonds. The zero-order valence-electron chi connectivity index (χ0n) is 13.9. The second-order valence-corrected chi connectivity index (χ2v) is 6.77. The fourth-order valence-corrected chi connectivity index (χ4v) is 2.87. The maximum atomic E-state index is 2.54. The first-order valence-corrected chi connectivity index (χ1v) is 7.99. The van der Waals surface area contributed by atoms with Crippen LogP contribution in [0.25, 0.3) is 0 Å². The Labute approximate surface area is 124 Å². The predicted molar refractivity (Wildman–Crippen MR) is 86.8 cm³/mol. The lowest BCUT2D eigenvalue weighted by Gasteiger charge is -2.46. The van der Waals surface area contributed by atoms with Crippen molar-refractivity contribution in [1.29, 1.82) is 0 Å². The van der Waals surface area contributed by atoms with Gasteiger partial charge in [-0.05, 0) is 46.7 Å². The quantitative estimate of drug-likeness (QED) is 0.739. The zero-order valence-corrected chi connectivity index (χ0v) is 13.9. The highest BCUT2D eigenvalue weighted by Crippen LogP contribution is 2.20. The summed E-state index contributed by atoms with van der Waals surface area (Å²) in [5.41, 5.74) is 2.99. The molecule has 1 aliphatic heterocycles. The van der Waals surface area contributed by atoms with E-state index in [9.17, 15) is 0 Å². The van der Waals surface area contributed by atoms with Gasteiger partial charge in [0.15, 0.2) is 0 Å². The molecule has 0 aromatic rings. The molecule has 0 saturated carbocycles. The third-order valence-electron chi connectivity index (χ3n) is 4.86. The largest absolute Gasteiger partial charge is 0.377 e. The van der Waals surface area contributed by atoms with Crippen molar-refractivity contribution in [2.45, 2.75) is 45.7 Å². The molecule has 0 N–H and O–H groups in total. The third-order valence-corrected chi connectivity index (χ3v) is 4.86. The van der Waals surface area contributed by atoms with Gasteiger partial charge in [0.1, 0.15) is 0 Å². The van der Waals surface area contributed by atoms with E-state index in [0.29, 0.717) is 6.04 Å². The standard InChI is InChI=1S/C17H31N3/c1-14(2)20-12-17(13-20)19(5)11-10-18(4)16-8-6-15(3)7-9-16/h6,8,14,17H,7,9-13H2,1-5H3. The van der Waals surface area contributed by atoms with Crippen molar-refractivity contribution in [3.63, 3.8) is 0 Å². The Morgan fingerprint density at radius 2 is 1.85 bits per heavy atom. The first-order valence-electron chi connectivity index (χ1n) is 7.99. The highest BCUT2D eigenvalue weighted by molar-refractivity contribution is 5.21. The third kappa shape index (κ3) is 3.86. The van der Waals surface area contributed by atoms with E-state index in [4.69, 9.17) is 0 Å². The highest BCUT2D eigenvalue weighted by atomic mass is 15.3. The van der Waals surface area contributed by atoms with Crippen LogP contribution in [0, 0.1) is 0 Å². The molecule has 2 rings (SSSR count). The first-order chi connectivity index (χ1) is 9.47. The van der Waals surface area contributed by atoms with E-state index < -0.39 is 0 Å². The molecule has 1 saturated heterocycles. The number of likely N-dealkylation sites (N-methyl/N-ethyl adjacent to an activating group) is 2. The minimum absolute atomic E-state index is 0.699. The molecular formula is C17H31N3. The first kappa shape index (κ1) is 15.6. The van der Waals surface area contributed by atoms with Crippen LogP contribution in [0.15, 0.2) is 23.4 Å². The molecule has 0 aromatic heterocycles. The predicted octanol–water partition coefficient (Wildman–Crippen LogP) is 2.57. The topological polar surface area (TPSA) is 9.72 Å². The molecule has 0 aromatic carbocycles. The maximum absolute atomic E-state index is 2.54. The van der Waals surface area contributed by atoms with E-state index in [2.05, 4.69) is 61.7 Å². The van der Waals surface area contributed by atoms with E-state index in [1.165, 1.54) is 37.2 Å². The maximum Gasteiger partial charge on any atom is 0.0348 e. The summed E-state index contributed by atoms with van der Waals surface area (Å²) in [7, 11) is 4.50. The van der Waals surface area contributed by atoms with Crippen LogP contribution in [0.2, 0.25) is 0 Å². The Hall–Kier alpha value is -0.800. The monoisotopic (exact) mass is 277 g/mol. The van der Waals surface area contributed by atoms with Crippen molar-refractivity contribution in [1.82, 2.24) is 14.7 Å². The minimum Gasteiger partial charge on any atom is -0.377 e. The van der Waals surface area contributed by atoms with Gasteiger partial charge in [0.2, 0.25) is 0 Å². The van der Waals surface area contributed by atoms with Crippen LogP contribution in [0.1, 0.15) is 33.6 Å². The molecule has 0 bridgehead atoms. The van der Waals surface area contributed by atoms with Gasteiger partial charge in [-0.3, -0.25) is 9.80 Å². The van der Waals surface area contributed by atoms with Gasteiger partial charge in [-0.1, -0.05) is 11.6 Å². The fourth-order valence-electron chi connectivity index (χ4n) is 2.87. The van der Waals surface area contributed by atoms with Crippen LogP contribution in [0.5, 0.6) is 0 Å². The summed E-state index contributed by atoms with van der Waals surface area (Å²) in [6, 6.07) is 1.46. The van der Waals surface area contributed by atoms with Crippen LogP contribution >= 0.6 is 0 Å². The number of rotatable bonds is 6. The van der Waals surface area contributed by atoms with E-state index in [-0.39, 0.29) is 0 Å². The summed E-state index contributed by atoms with van der Waals surface area (Å²) in [6.07, 6.45) is 6.99. The van der Waals surface area contributed by atoms with Gasteiger partial charge >= 0.3 is 0 Å². The molecule has 0 radical (unpaired) electrons. The molecule has 0 unspecified atom stereocenters. The summed E-state index contributed by atoms with van der Waals surface area (Å²) in [5, 5.41) is 0. The molecule has 20 heavy (non-hydrogen) atoms. The molecule has 3 nitrogen and oxygen atoms in total. The summed E-state index contributed by atoms with van der Waals surface area (Å²) in [5.74, 6) is 0. The van der Waals surface area contributed by atoms with Gasteiger partial charge in [0.05, 0.1) is 0 Å². The number of allylic oxidation sites excluding steroid dienone is 4. The van der Waals surface area contributed by atoms with Gasteiger partial charge in [-0.25, -0.2) is 0 Å². The van der Waals surface area contributed by atoms with Crippen LogP contribution < -0.4 is 0 Å². The lowest BCUT2D eigenvalue weighted by atomic mass is 10.0. The molecule has 1 heterocycles. The molecule has 3 heteroatoms. The van der Waals surface area contributed by atoms with Crippen molar-refractivity contribution < 1.29 is 0 Å². The number of hydrogen-bond donors (Lipinski definition) is 0. The van der Waals surface area contributed by atoms with Crippen molar-refractivity contribution in [2.75, 3.05) is 40.3 Å². The smallest absolute Gasteiger partial charge is 0.0348 e. The van der Waals surface area contributed by atoms with Gasteiger partial charge < -0.3 is 4.90 Å². The Bertz CT molecular complexity index is 378. The van der Waals surface area contributed by atoms with Gasteiger partial charge in [-0.15, -0.1) is 0 Å². The van der Waals surface area contributed by atoms with Crippen LogP contribution in [-0.4, -0.2) is 67.1 Å². The zero-order chi connectivity index (χ0) is 14.7. The van der Waals surface area contributed by atoms with Crippen molar-refractivity contribution in [3.8, 4) is 0 Å². The molecule has 0 spiro atoms. The molecule has 114 valence electrons. The minimum atomic E-state index is 0.699. The Kier molecular flexibility index (Phi) is 5.28. The molecule has 0 atom stereocenters. The van der Waals surface area contributed by atoms with Gasteiger partial charge in [0.25, 0.3) is 0 Å². The van der Waals surface area contributed by atoms with Gasteiger partial charge in [-0.2, -0.15) is 0 Å². The molecular weight excluding hydrogens is 246 g/mol. The Balaban J connectivity index is 1.70. The average Bonchev–Trinajstić information content (AvgIpc) is 2.34. The van der Waals surface area contributed by atoms with Crippen LogP contribution in [0.3, 0.4) is 0 Å². The summed E-state index contributed by atoms with van der Waals surface area (Å²) >= 11 is 0. The molecule has 1 fully saturated rings. The van der Waals surface area contributed by atoms with E-state index >= 15 is 0 Å². The Morgan fingerprint density at radius 3 is 2.40 bits per heavy atom. The van der Waals surface area contributed by atoms with Crippen molar-refractivity contribution >= 4 is 0 Å². The normalized spacial score (nSPS) is 20.9. The van der Waals surface area contributed by atoms with Crippen molar-refractivity contribution in [3.05, 3.63) is 23.4 Å². The van der Waals surface area contributed by atoms with Crippen LogP contribution in [-0.2, 0) is 0 Å². The van der Waals surface area contributed by atoms with E-state index in [1.54, 1.807) is 0 Å². The molecule has 1 aliphatic carbocycles. The van der Waals surface area contributed by atoms with E-state index in [1.807, 2.05) is 0 Å². The summed E-state index contributed by atoms with van der Waals surface area (Å²) < 4.78 is 0. The number of hydrogen-bond acceptors (Lipinski definition) is 3. The van der Waals surface area contributed by atoms with Crippen LogP contribution in [0.4, 0.5) is 0 Å². The van der Waals surface area contributed by atoms with E-state index in [0.717, 1.165) is 19.1 Å². The van der Waals surface area contributed by atoms with Gasteiger partial charge in [0, 0.05) is 51.0 Å². The molecule has 2 aliphatic rings. The van der Waals surface area contributed by atoms with Crippen molar-refractivity contribution in [2.24, 2.45) is 0 Å². The second-order valence-electron chi connectivity index (χ2n) is 6.77. The second kappa shape index (κ2) is 6.77.